The van der Waals surface area contributed by atoms with Gasteiger partial charge in [0.2, 0.25) is 11.9 Å². The van der Waals surface area contributed by atoms with Gasteiger partial charge in [-0.3, -0.25) is 14.2 Å². The number of carbonyl (C=O) groups is 1. The molecule has 8 nitrogen and oxygen atoms in total. The minimum Gasteiger partial charge on any atom is -0.351 e. The first-order valence-electron chi connectivity index (χ1n) is 12.6. The molecule has 2 aliphatic rings. The van der Waals surface area contributed by atoms with E-state index in [2.05, 4.69) is 22.2 Å². The minimum absolute atomic E-state index is 0.0179. The normalized spacial score (nSPS) is 18.2. The fourth-order valence-corrected chi connectivity index (χ4v) is 5.37. The molecule has 0 bridgehead atoms. The number of aromatic nitrogens is 3. The highest BCUT2D eigenvalue weighted by Gasteiger charge is 2.26. The number of pyridine rings is 1. The molecule has 1 N–H and O–H groups in total. The third-order valence-electron chi connectivity index (χ3n) is 7.54. The molecule has 3 aromatic rings. The Morgan fingerprint density at radius 1 is 1.03 bits per heavy atom. The summed E-state index contributed by atoms with van der Waals surface area (Å²) in [6.45, 7) is 7.02. The number of benzene rings is 1. The number of likely N-dealkylation sites (tertiary alicyclic amines) is 2. The molecule has 8 heteroatoms. The van der Waals surface area contributed by atoms with Crippen LogP contribution in [0.5, 0.6) is 0 Å². The lowest BCUT2D eigenvalue weighted by molar-refractivity contribution is -0.130. The fraction of sp³-hybridized carbons (Fsp3) is 0.481. The van der Waals surface area contributed by atoms with Crippen LogP contribution in [0, 0.1) is 6.92 Å². The molecule has 5 rings (SSSR count). The van der Waals surface area contributed by atoms with Crippen molar-refractivity contribution in [1.82, 2.24) is 24.3 Å². The van der Waals surface area contributed by atoms with Crippen LogP contribution in [-0.4, -0.2) is 69.5 Å². The average Bonchev–Trinajstić information content (AvgIpc) is 2.86. The summed E-state index contributed by atoms with van der Waals surface area (Å²) in [7, 11) is 2.14. The largest absolute Gasteiger partial charge is 0.351 e. The molecule has 0 spiro atoms. The van der Waals surface area contributed by atoms with Crippen molar-refractivity contribution in [3.63, 3.8) is 0 Å². The van der Waals surface area contributed by atoms with Crippen LogP contribution >= 0.6 is 0 Å². The molecule has 2 saturated heterocycles. The van der Waals surface area contributed by atoms with Crippen LogP contribution in [0.25, 0.3) is 22.2 Å². The zero-order chi connectivity index (χ0) is 24.5. The Kier molecular flexibility index (Phi) is 6.56. The quantitative estimate of drug-likeness (QED) is 0.624. The van der Waals surface area contributed by atoms with Gasteiger partial charge in [0.1, 0.15) is 5.65 Å². The summed E-state index contributed by atoms with van der Waals surface area (Å²) in [6.07, 6.45) is 5.38. The topological polar surface area (TPSA) is 83.4 Å². The molecular formula is C27H34N6O2. The second kappa shape index (κ2) is 9.77. The molecule has 35 heavy (non-hydrogen) atoms. The zero-order valence-corrected chi connectivity index (χ0v) is 20.8. The molecule has 2 fully saturated rings. The monoisotopic (exact) mass is 474 g/mol. The van der Waals surface area contributed by atoms with E-state index in [1.807, 2.05) is 52.9 Å². The first kappa shape index (κ1) is 23.5. The molecular weight excluding hydrogens is 440 g/mol. The summed E-state index contributed by atoms with van der Waals surface area (Å²) in [5.74, 6) is 0.659. The van der Waals surface area contributed by atoms with Crippen molar-refractivity contribution < 1.29 is 4.79 Å². The lowest BCUT2D eigenvalue weighted by Crippen LogP contribution is -2.40. The molecule has 2 aromatic heterocycles. The van der Waals surface area contributed by atoms with Gasteiger partial charge in [-0.05, 0) is 69.9 Å². The third-order valence-corrected chi connectivity index (χ3v) is 7.54. The predicted molar refractivity (Wildman–Crippen MR) is 139 cm³/mol. The van der Waals surface area contributed by atoms with Crippen LogP contribution in [0.3, 0.4) is 0 Å². The highest BCUT2D eigenvalue weighted by molar-refractivity contribution is 5.82. The summed E-state index contributed by atoms with van der Waals surface area (Å²) in [6, 6.07) is 10.2. The zero-order valence-electron chi connectivity index (χ0n) is 20.8. The van der Waals surface area contributed by atoms with Crippen LogP contribution in [0.1, 0.15) is 44.2 Å². The number of nitrogens with one attached hydrogen (secondary N) is 1. The van der Waals surface area contributed by atoms with Crippen molar-refractivity contribution in [3.8, 4) is 11.1 Å². The van der Waals surface area contributed by atoms with Crippen molar-refractivity contribution >= 4 is 22.9 Å². The van der Waals surface area contributed by atoms with Gasteiger partial charge in [-0.15, -0.1) is 0 Å². The van der Waals surface area contributed by atoms with E-state index in [0.717, 1.165) is 55.3 Å². The molecule has 1 aromatic carbocycles. The Labute approximate surface area is 206 Å². The van der Waals surface area contributed by atoms with Crippen molar-refractivity contribution in [3.05, 3.63) is 52.4 Å². The Morgan fingerprint density at radius 2 is 1.74 bits per heavy atom. The summed E-state index contributed by atoms with van der Waals surface area (Å²) in [5, 5.41) is 4.36. The van der Waals surface area contributed by atoms with Crippen LogP contribution in [0.4, 0.5) is 5.95 Å². The number of carbonyl (C=O) groups excluding carboxylic acids is 1. The van der Waals surface area contributed by atoms with E-state index in [1.165, 1.54) is 0 Å². The summed E-state index contributed by atoms with van der Waals surface area (Å²) in [5.41, 5.74) is 3.30. The Hall–Kier alpha value is -3.26. The Morgan fingerprint density at radius 3 is 2.43 bits per heavy atom. The lowest BCUT2D eigenvalue weighted by Gasteiger charge is -2.33. The molecule has 1 amide bonds. The number of hydrogen-bond acceptors (Lipinski definition) is 6. The summed E-state index contributed by atoms with van der Waals surface area (Å²) >= 11 is 0. The van der Waals surface area contributed by atoms with Gasteiger partial charge in [0, 0.05) is 49.2 Å². The number of fused-ring (bicyclic) bond motifs is 1. The average molecular weight is 475 g/mol. The van der Waals surface area contributed by atoms with Crippen molar-refractivity contribution in [2.24, 2.45) is 0 Å². The summed E-state index contributed by atoms with van der Waals surface area (Å²) in [4.78, 5) is 39.6. The van der Waals surface area contributed by atoms with Crippen molar-refractivity contribution in [2.75, 3.05) is 38.5 Å². The van der Waals surface area contributed by atoms with E-state index in [4.69, 9.17) is 4.98 Å². The maximum absolute atomic E-state index is 14.0. The Balaban J connectivity index is 1.58. The van der Waals surface area contributed by atoms with E-state index < -0.39 is 0 Å². The number of anilines is 1. The maximum Gasteiger partial charge on any atom is 0.260 e. The standard InChI is InChI=1S/C27H34N6O2/c1-18-6-4-5-7-23(18)24-16-20-17-28-27(29-21-8-12-31(3)13-9-21)30-25(20)33(26(24)35)22-10-14-32(15-11-22)19(2)34/h4-7,16-17,21-22H,8-15H2,1-3H3,(H,28,29,30). The van der Waals surface area contributed by atoms with E-state index in [0.29, 0.717) is 36.3 Å². The SMILES string of the molecule is CC(=O)N1CCC(n2c(=O)c(-c3ccccc3C)cc3cnc(NC4CCN(C)CC4)nc32)CC1. The molecule has 4 heterocycles. The van der Waals surface area contributed by atoms with Crippen molar-refractivity contribution in [1.29, 1.82) is 0 Å². The Bertz CT molecular complexity index is 1290. The van der Waals surface area contributed by atoms with E-state index >= 15 is 0 Å². The predicted octanol–water partition coefficient (Wildman–Crippen LogP) is 3.46. The first-order valence-corrected chi connectivity index (χ1v) is 12.6. The van der Waals surface area contributed by atoms with Gasteiger partial charge in [0.05, 0.1) is 0 Å². The van der Waals surface area contributed by atoms with Crippen LogP contribution < -0.4 is 10.9 Å². The first-order chi connectivity index (χ1) is 16.9. The second-order valence-electron chi connectivity index (χ2n) is 9.98. The molecule has 0 saturated carbocycles. The molecule has 0 radical (unpaired) electrons. The van der Waals surface area contributed by atoms with Crippen molar-refractivity contribution in [2.45, 2.75) is 51.6 Å². The van der Waals surface area contributed by atoms with Gasteiger partial charge in [0.25, 0.3) is 5.56 Å². The molecule has 184 valence electrons. The second-order valence-corrected chi connectivity index (χ2v) is 9.98. The number of piperidine rings is 2. The number of rotatable bonds is 4. The minimum atomic E-state index is -0.0305. The third kappa shape index (κ3) is 4.80. The lowest BCUT2D eigenvalue weighted by atomic mass is 9.99. The number of nitrogens with zero attached hydrogens (tertiary/aromatic N) is 5. The van der Waals surface area contributed by atoms with Gasteiger partial charge in [-0.1, -0.05) is 24.3 Å². The molecule has 2 aliphatic heterocycles. The highest BCUT2D eigenvalue weighted by Crippen LogP contribution is 2.29. The van der Waals surface area contributed by atoms with Gasteiger partial charge < -0.3 is 15.1 Å². The highest BCUT2D eigenvalue weighted by atomic mass is 16.2. The smallest absolute Gasteiger partial charge is 0.260 e. The van der Waals surface area contributed by atoms with Gasteiger partial charge in [-0.25, -0.2) is 4.98 Å². The molecule has 0 unspecified atom stereocenters. The van der Waals surface area contributed by atoms with E-state index in [1.54, 1.807) is 6.92 Å². The summed E-state index contributed by atoms with van der Waals surface area (Å²) < 4.78 is 1.87. The van der Waals surface area contributed by atoms with E-state index in [-0.39, 0.29) is 17.5 Å². The van der Waals surface area contributed by atoms with Crippen LogP contribution in [-0.2, 0) is 4.79 Å². The van der Waals surface area contributed by atoms with E-state index in [9.17, 15) is 9.59 Å². The van der Waals surface area contributed by atoms with Gasteiger partial charge in [-0.2, -0.15) is 4.98 Å². The molecule has 0 aliphatic carbocycles. The number of hydrogen-bond donors (Lipinski definition) is 1. The maximum atomic E-state index is 14.0. The van der Waals surface area contributed by atoms with Gasteiger partial charge >= 0.3 is 0 Å². The molecule has 0 atom stereocenters. The van der Waals surface area contributed by atoms with Crippen LogP contribution in [0.15, 0.2) is 41.3 Å². The number of amides is 1. The van der Waals surface area contributed by atoms with Gasteiger partial charge in [0.15, 0.2) is 0 Å². The number of aryl methyl sites for hydroxylation is 1. The fourth-order valence-electron chi connectivity index (χ4n) is 5.37. The van der Waals surface area contributed by atoms with Crippen LogP contribution in [0.2, 0.25) is 0 Å².